The number of amides is 1. The molecule has 1 aliphatic heterocycles. The highest BCUT2D eigenvalue weighted by molar-refractivity contribution is 5.95. The van der Waals surface area contributed by atoms with Crippen molar-refractivity contribution in [3.05, 3.63) is 82.9 Å². The van der Waals surface area contributed by atoms with Gasteiger partial charge in [0, 0.05) is 13.5 Å². The molecule has 1 amide bonds. The van der Waals surface area contributed by atoms with Gasteiger partial charge in [0.25, 0.3) is 5.91 Å². The first-order valence-electron chi connectivity index (χ1n) is 8.40. The van der Waals surface area contributed by atoms with Crippen molar-refractivity contribution in [3.8, 4) is 5.75 Å². The third-order valence-corrected chi connectivity index (χ3v) is 4.59. The molecule has 1 aliphatic rings. The first-order chi connectivity index (χ1) is 12.6. The van der Waals surface area contributed by atoms with Crippen LogP contribution in [0.1, 0.15) is 33.2 Å². The lowest BCUT2D eigenvalue weighted by molar-refractivity contribution is 0.0929. The Balaban J connectivity index is 1.57. The van der Waals surface area contributed by atoms with E-state index in [9.17, 15) is 9.18 Å². The maximum absolute atomic E-state index is 14.1. The Morgan fingerprint density at radius 2 is 2.08 bits per heavy atom. The molecule has 1 aromatic heterocycles. The van der Waals surface area contributed by atoms with E-state index in [-0.39, 0.29) is 18.3 Å². The van der Waals surface area contributed by atoms with Gasteiger partial charge < -0.3 is 10.1 Å². The van der Waals surface area contributed by atoms with Crippen molar-refractivity contribution >= 4 is 5.91 Å². The zero-order valence-corrected chi connectivity index (χ0v) is 14.3. The number of ether oxygens (including phenoxy) is 1. The fourth-order valence-corrected chi connectivity index (χ4v) is 3.24. The van der Waals surface area contributed by atoms with Crippen LogP contribution in [0.4, 0.5) is 4.39 Å². The highest BCUT2D eigenvalue weighted by Gasteiger charge is 2.30. The van der Waals surface area contributed by atoms with Crippen molar-refractivity contribution in [3.63, 3.8) is 0 Å². The quantitative estimate of drug-likeness (QED) is 0.786. The smallest absolute Gasteiger partial charge is 0.255 e. The van der Waals surface area contributed by atoms with Gasteiger partial charge in [-0.05, 0) is 17.7 Å². The van der Waals surface area contributed by atoms with E-state index in [0.29, 0.717) is 23.3 Å². The number of hydrogen-bond acceptors (Lipinski definition) is 3. The molecule has 0 saturated heterocycles. The molecule has 132 valence electrons. The fourth-order valence-electron chi connectivity index (χ4n) is 3.24. The summed E-state index contributed by atoms with van der Waals surface area (Å²) in [5.74, 6) is -0.180. The number of fused-ring (bicyclic) bond motifs is 1. The number of nitrogens with zero attached hydrogens (tertiary/aromatic N) is 2. The molecule has 1 N–H and O–H groups in total. The number of rotatable bonds is 4. The summed E-state index contributed by atoms with van der Waals surface area (Å²) in [5, 5.41) is 7.10. The number of carbonyl (C=O) groups is 1. The first kappa shape index (κ1) is 16.3. The molecule has 1 atom stereocenters. The molecule has 6 heteroatoms. The van der Waals surface area contributed by atoms with Crippen LogP contribution in [-0.2, 0) is 13.5 Å². The van der Waals surface area contributed by atoms with E-state index < -0.39 is 6.04 Å². The topological polar surface area (TPSA) is 56.2 Å². The molecule has 5 nitrogen and oxygen atoms in total. The molecule has 0 fully saturated rings. The monoisotopic (exact) mass is 351 g/mol. The van der Waals surface area contributed by atoms with Gasteiger partial charge in [-0.3, -0.25) is 9.48 Å². The number of aryl methyl sites for hydroxylation is 1. The summed E-state index contributed by atoms with van der Waals surface area (Å²) in [6.07, 6.45) is 2.14. The summed E-state index contributed by atoms with van der Waals surface area (Å²) in [4.78, 5) is 12.8. The van der Waals surface area contributed by atoms with Crippen LogP contribution in [0.15, 0.2) is 54.7 Å². The van der Waals surface area contributed by atoms with Crippen molar-refractivity contribution < 1.29 is 13.9 Å². The predicted molar refractivity (Wildman–Crippen MR) is 94.6 cm³/mol. The van der Waals surface area contributed by atoms with Gasteiger partial charge in [0.1, 0.15) is 18.2 Å². The minimum absolute atomic E-state index is 0.219. The van der Waals surface area contributed by atoms with Gasteiger partial charge in [-0.15, -0.1) is 0 Å². The molecule has 0 aliphatic carbocycles. The van der Waals surface area contributed by atoms with Gasteiger partial charge in [-0.2, -0.15) is 5.10 Å². The van der Waals surface area contributed by atoms with Crippen LogP contribution >= 0.6 is 0 Å². The zero-order valence-electron chi connectivity index (χ0n) is 14.3. The van der Waals surface area contributed by atoms with Gasteiger partial charge in [0.2, 0.25) is 0 Å². The number of carbonyl (C=O) groups excluding carboxylic acids is 1. The Hall–Kier alpha value is -3.15. The zero-order chi connectivity index (χ0) is 18.1. The average Bonchev–Trinajstić information content (AvgIpc) is 3.21. The van der Waals surface area contributed by atoms with E-state index >= 15 is 0 Å². The van der Waals surface area contributed by atoms with Crippen LogP contribution in [0.3, 0.4) is 0 Å². The second-order valence-corrected chi connectivity index (χ2v) is 6.28. The molecule has 0 radical (unpaired) electrons. The Morgan fingerprint density at radius 1 is 1.27 bits per heavy atom. The van der Waals surface area contributed by atoms with Gasteiger partial charge in [-0.1, -0.05) is 36.4 Å². The summed E-state index contributed by atoms with van der Waals surface area (Å²) in [6, 6.07) is 14.0. The minimum Gasteiger partial charge on any atom is -0.491 e. The van der Waals surface area contributed by atoms with E-state index in [2.05, 4.69) is 10.4 Å². The van der Waals surface area contributed by atoms with Gasteiger partial charge in [0.15, 0.2) is 0 Å². The molecule has 26 heavy (non-hydrogen) atoms. The number of nitrogens with one attached hydrogen (secondary N) is 1. The second-order valence-electron chi connectivity index (χ2n) is 6.28. The highest BCUT2D eigenvalue weighted by Crippen LogP contribution is 2.34. The van der Waals surface area contributed by atoms with Gasteiger partial charge in [-0.25, -0.2) is 4.39 Å². The fraction of sp³-hybridized carbons (Fsp3) is 0.200. The van der Waals surface area contributed by atoms with Crippen LogP contribution < -0.4 is 10.1 Å². The summed E-state index contributed by atoms with van der Waals surface area (Å²) in [5.41, 5.74) is 2.78. The van der Waals surface area contributed by atoms with Crippen molar-refractivity contribution in [2.75, 3.05) is 6.61 Å². The van der Waals surface area contributed by atoms with Crippen LogP contribution in [-0.4, -0.2) is 22.3 Å². The summed E-state index contributed by atoms with van der Waals surface area (Å²) in [7, 11) is 1.81. The molecule has 0 saturated carbocycles. The Morgan fingerprint density at radius 3 is 2.88 bits per heavy atom. The summed E-state index contributed by atoms with van der Waals surface area (Å²) in [6.45, 7) is 0.219. The number of hydrogen-bond donors (Lipinski definition) is 1. The Kier molecular flexibility index (Phi) is 4.16. The van der Waals surface area contributed by atoms with Crippen LogP contribution in [0.5, 0.6) is 5.75 Å². The average molecular weight is 351 g/mol. The summed E-state index contributed by atoms with van der Waals surface area (Å²) >= 11 is 0. The lowest BCUT2D eigenvalue weighted by Gasteiger charge is -2.13. The third-order valence-electron chi connectivity index (χ3n) is 4.59. The van der Waals surface area contributed by atoms with E-state index in [0.717, 1.165) is 11.3 Å². The maximum Gasteiger partial charge on any atom is 0.255 e. The van der Waals surface area contributed by atoms with E-state index in [1.165, 1.54) is 6.07 Å². The SMILES string of the molecule is Cn1ncc(C(=O)NC2COc3cccc(F)c32)c1Cc1ccccc1. The van der Waals surface area contributed by atoms with Gasteiger partial charge in [0.05, 0.1) is 29.1 Å². The van der Waals surface area contributed by atoms with Gasteiger partial charge >= 0.3 is 0 Å². The molecule has 1 unspecified atom stereocenters. The molecule has 0 bridgehead atoms. The lowest BCUT2D eigenvalue weighted by Crippen LogP contribution is -2.30. The van der Waals surface area contributed by atoms with Crippen molar-refractivity contribution in [2.24, 2.45) is 7.05 Å². The van der Waals surface area contributed by atoms with E-state index in [1.807, 2.05) is 37.4 Å². The normalized spacial score (nSPS) is 15.4. The first-order valence-corrected chi connectivity index (χ1v) is 8.40. The molecule has 2 aromatic carbocycles. The molecule has 2 heterocycles. The lowest BCUT2D eigenvalue weighted by atomic mass is 10.0. The minimum atomic E-state index is -0.511. The van der Waals surface area contributed by atoms with Crippen LogP contribution in [0.2, 0.25) is 0 Å². The summed E-state index contributed by atoms with van der Waals surface area (Å²) < 4.78 is 21.3. The standard InChI is InChI=1S/C20H18FN3O2/c1-24-17(10-13-6-3-2-4-7-13)14(11-22-24)20(25)23-16-12-26-18-9-5-8-15(21)19(16)18/h2-9,11,16H,10,12H2,1H3,(H,23,25). The third kappa shape index (κ3) is 2.94. The second kappa shape index (κ2) is 6.63. The maximum atomic E-state index is 14.1. The molecule has 0 spiro atoms. The number of benzene rings is 2. The predicted octanol–water partition coefficient (Wildman–Crippen LogP) is 3.01. The van der Waals surface area contributed by atoms with E-state index in [4.69, 9.17) is 4.74 Å². The van der Waals surface area contributed by atoms with E-state index in [1.54, 1.807) is 23.0 Å². The Bertz CT molecular complexity index is 953. The highest BCUT2D eigenvalue weighted by atomic mass is 19.1. The van der Waals surface area contributed by atoms with Crippen LogP contribution in [0.25, 0.3) is 0 Å². The van der Waals surface area contributed by atoms with Crippen LogP contribution in [0, 0.1) is 5.82 Å². The van der Waals surface area contributed by atoms with Crippen molar-refractivity contribution in [1.29, 1.82) is 0 Å². The van der Waals surface area contributed by atoms with Crippen molar-refractivity contribution in [2.45, 2.75) is 12.5 Å². The number of aromatic nitrogens is 2. The number of halogens is 1. The molecule has 4 rings (SSSR count). The molecular weight excluding hydrogens is 333 g/mol. The molecular formula is C20H18FN3O2. The largest absolute Gasteiger partial charge is 0.491 e. The van der Waals surface area contributed by atoms with Crippen molar-refractivity contribution in [1.82, 2.24) is 15.1 Å². The molecule has 3 aromatic rings. The Labute approximate surface area is 150 Å².